The first-order chi connectivity index (χ1) is 15.8. The number of hydrogen-bond donors (Lipinski definition) is 1. The van der Waals surface area contributed by atoms with Gasteiger partial charge in [-0.15, -0.1) is 0 Å². The molecule has 0 bridgehead atoms. The van der Waals surface area contributed by atoms with Gasteiger partial charge in [0.05, 0.1) is 5.54 Å². The number of nitrogens with one attached hydrogen (secondary N) is 1. The van der Waals surface area contributed by atoms with Gasteiger partial charge in [-0.1, -0.05) is 30.3 Å². The van der Waals surface area contributed by atoms with Gasteiger partial charge in [-0.25, -0.2) is 14.2 Å². The second-order valence-corrected chi connectivity index (χ2v) is 9.00. The number of benzene rings is 2. The molecular weight excluding hydrogens is 491 g/mol. The molecule has 4 rings (SSSR count). The minimum Gasteiger partial charge on any atom is -0.445 e. The second kappa shape index (κ2) is 9.35. The maximum atomic E-state index is 13.3. The summed E-state index contributed by atoms with van der Waals surface area (Å²) in [5, 5.41) is 2.54. The molecule has 3 aromatic rings. The molecule has 172 valence electrons. The Morgan fingerprint density at radius 1 is 1.12 bits per heavy atom. The Balaban J connectivity index is 1.43. The van der Waals surface area contributed by atoms with E-state index < -0.39 is 11.6 Å². The van der Waals surface area contributed by atoms with Gasteiger partial charge in [0.15, 0.2) is 0 Å². The maximum absolute atomic E-state index is 13.3. The number of nitrogens with zero attached hydrogens (tertiary/aromatic N) is 3. The highest BCUT2D eigenvalue weighted by molar-refractivity contribution is 9.10. The molecule has 9 heteroatoms. The number of carbonyl (C=O) groups is 2. The van der Waals surface area contributed by atoms with Crippen LogP contribution in [0.15, 0.2) is 59.2 Å². The Labute approximate surface area is 199 Å². The van der Waals surface area contributed by atoms with E-state index in [0.717, 1.165) is 15.7 Å². The zero-order valence-corrected chi connectivity index (χ0v) is 19.9. The van der Waals surface area contributed by atoms with E-state index in [1.54, 1.807) is 17.0 Å². The molecule has 0 radical (unpaired) electrons. The zero-order valence-electron chi connectivity index (χ0n) is 18.3. The van der Waals surface area contributed by atoms with Crippen LogP contribution in [0.25, 0.3) is 11.3 Å². The van der Waals surface area contributed by atoms with Crippen LogP contribution in [0.1, 0.15) is 25.2 Å². The van der Waals surface area contributed by atoms with Gasteiger partial charge in [0.2, 0.25) is 5.91 Å². The van der Waals surface area contributed by atoms with Gasteiger partial charge in [-0.2, -0.15) is 0 Å². The van der Waals surface area contributed by atoms with Gasteiger partial charge in [-0.3, -0.25) is 4.79 Å². The molecule has 0 saturated carbocycles. The van der Waals surface area contributed by atoms with Crippen molar-refractivity contribution in [1.29, 1.82) is 0 Å². The zero-order chi connectivity index (χ0) is 23.6. The fourth-order valence-corrected chi connectivity index (χ4v) is 4.61. The number of carbonyl (C=O) groups excluding carboxylic acids is 2. The SMILES string of the molecule is CC1(C)c2nc(-c3ccc(F)cc3)c(Br)n2CCN1C(=O)CNC(=O)OCc1ccccc1. The third kappa shape index (κ3) is 4.78. The van der Waals surface area contributed by atoms with Crippen molar-refractivity contribution in [2.24, 2.45) is 0 Å². The van der Waals surface area contributed by atoms with Crippen molar-refractivity contribution in [1.82, 2.24) is 19.8 Å². The number of aromatic nitrogens is 2. The lowest BCUT2D eigenvalue weighted by molar-refractivity contribution is -0.137. The van der Waals surface area contributed by atoms with Crippen LogP contribution in [0.4, 0.5) is 9.18 Å². The third-order valence-corrected chi connectivity index (χ3v) is 6.49. The fraction of sp³-hybridized carbons (Fsp3) is 0.292. The molecule has 0 saturated heterocycles. The highest BCUT2D eigenvalue weighted by atomic mass is 79.9. The molecule has 0 aliphatic carbocycles. The van der Waals surface area contributed by atoms with Gasteiger partial charge in [0, 0.05) is 18.7 Å². The second-order valence-electron chi connectivity index (χ2n) is 8.25. The molecule has 0 spiro atoms. The monoisotopic (exact) mass is 514 g/mol. The predicted molar refractivity (Wildman–Crippen MR) is 125 cm³/mol. The normalized spacial score (nSPS) is 14.5. The van der Waals surface area contributed by atoms with Gasteiger partial charge in [0.25, 0.3) is 0 Å². The van der Waals surface area contributed by atoms with E-state index in [1.165, 1.54) is 12.1 Å². The van der Waals surface area contributed by atoms with Crippen molar-refractivity contribution in [3.63, 3.8) is 0 Å². The minimum atomic E-state index is -0.717. The summed E-state index contributed by atoms with van der Waals surface area (Å²) in [5.41, 5.74) is 1.62. The lowest BCUT2D eigenvalue weighted by atomic mass is 9.99. The molecule has 1 aliphatic heterocycles. The molecule has 1 aromatic heterocycles. The van der Waals surface area contributed by atoms with Gasteiger partial charge >= 0.3 is 6.09 Å². The number of fused-ring (bicyclic) bond motifs is 1. The summed E-state index contributed by atoms with van der Waals surface area (Å²) in [7, 11) is 0. The molecule has 2 amide bonds. The van der Waals surface area contributed by atoms with Crippen LogP contribution in [0.3, 0.4) is 0 Å². The van der Waals surface area contributed by atoms with Crippen molar-refractivity contribution in [2.45, 2.75) is 32.5 Å². The average molecular weight is 515 g/mol. The molecule has 0 fully saturated rings. The molecule has 1 aliphatic rings. The van der Waals surface area contributed by atoms with E-state index in [-0.39, 0.29) is 24.9 Å². The Bertz CT molecular complexity index is 1160. The largest absolute Gasteiger partial charge is 0.445 e. The van der Waals surface area contributed by atoms with Crippen LogP contribution in [-0.4, -0.2) is 39.5 Å². The quantitative estimate of drug-likeness (QED) is 0.545. The smallest absolute Gasteiger partial charge is 0.407 e. The first kappa shape index (κ1) is 23.0. The summed E-state index contributed by atoms with van der Waals surface area (Å²) < 4.78 is 21.3. The molecule has 0 unspecified atom stereocenters. The van der Waals surface area contributed by atoms with Crippen molar-refractivity contribution < 1.29 is 18.7 Å². The number of rotatable bonds is 5. The van der Waals surface area contributed by atoms with E-state index in [1.807, 2.05) is 48.7 Å². The highest BCUT2D eigenvalue weighted by Gasteiger charge is 2.41. The third-order valence-electron chi connectivity index (χ3n) is 5.69. The Hall–Kier alpha value is -3.20. The van der Waals surface area contributed by atoms with Crippen molar-refractivity contribution in [3.8, 4) is 11.3 Å². The lowest BCUT2D eigenvalue weighted by Crippen LogP contribution is -2.54. The number of imidazole rings is 1. The Morgan fingerprint density at radius 3 is 2.52 bits per heavy atom. The highest BCUT2D eigenvalue weighted by Crippen LogP contribution is 2.38. The predicted octanol–water partition coefficient (Wildman–Crippen LogP) is 4.46. The summed E-state index contributed by atoms with van der Waals surface area (Å²) in [5.74, 6) is 0.163. The average Bonchev–Trinajstić information content (AvgIpc) is 3.15. The summed E-state index contributed by atoms with van der Waals surface area (Å²) in [6.45, 7) is 4.78. The molecular formula is C24H24BrFN4O3. The first-order valence-electron chi connectivity index (χ1n) is 10.5. The maximum Gasteiger partial charge on any atom is 0.407 e. The standard InChI is InChI=1S/C24H24BrFN4O3/c1-24(2)22-28-20(17-8-10-18(26)11-9-17)21(25)29(22)12-13-30(24)19(31)14-27-23(32)33-15-16-6-4-3-5-7-16/h3-11H,12-15H2,1-2H3,(H,27,32). The van der Waals surface area contributed by atoms with Crippen molar-refractivity contribution in [2.75, 3.05) is 13.1 Å². The molecule has 2 aromatic carbocycles. The first-order valence-corrected chi connectivity index (χ1v) is 11.3. The molecule has 0 atom stereocenters. The summed E-state index contributed by atoms with van der Waals surface area (Å²) in [4.78, 5) is 31.5. The number of hydrogen-bond acceptors (Lipinski definition) is 4. The van der Waals surface area contributed by atoms with E-state index >= 15 is 0 Å². The summed E-state index contributed by atoms with van der Waals surface area (Å²) in [6.07, 6.45) is -0.648. The van der Waals surface area contributed by atoms with Crippen LogP contribution in [0.5, 0.6) is 0 Å². The van der Waals surface area contributed by atoms with Crippen molar-refractivity contribution in [3.05, 3.63) is 76.4 Å². The molecule has 2 heterocycles. The van der Waals surface area contributed by atoms with Gasteiger partial charge < -0.3 is 19.5 Å². The summed E-state index contributed by atoms with van der Waals surface area (Å²) >= 11 is 3.62. The van der Waals surface area contributed by atoms with Crippen LogP contribution < -0.4 is 5.32 Å². The topological polar surface area (TPSA) is 76.5 Å². The van der Waals surface area contributed by atoms with E-state index in [4.69, 9.17) is 9.72 Å². The molecule has 33 heavy (non-hydrogen) atoms. The Kier molecular flexibility index (Phi) is 6.51. The summed E-state index contributed by atoms with van der Waals surface area (Å²) in [6, 6.07) is 15.5. The van der Waals surface area contributed by atoms with Crippen molar-refractivity contribution >= 4 is 27.9 Å². The number of alkyl carbamates (subject to hydrolysis) is 1. The fourth-order valence-electron chi connectivity index (χ4n) is 3.95. The number of amides is 2. The van der Waals surface area contributed by atoms with E-state index in [2.05, 4.69) is 21.2 Å². The number of ether oxygens (including phenoxy) is 1. The van der Waals surface area contributed by atoms with Crippen LogP contribution in [-0.2, 0) is 28.2 Å². The van der Waals surface area contributed by atoms with E-state index in [0.29, 0.717) is 24.6 Å². The van der Waals surface area contributed by atoms with Crippen LogP contribution >= 0.6 is 15.9 Å². The van der Waals surface area contributed by atoms with E-state index in [9.17, 15) is 14.0 Å². The minimum absolute atomic E-state index is 0.133. The molecule has 7 nitrogen and oxygen atoms in total. The van der Waals surface area contributed by atoms with Crippen LogP contribution in [0.2, 0.25) is 0 Å². The van der Waals surface area contributed by atoms with Gasteiger partial charge in [-0.05, 0) is 59.6 Å². The molecule has 1 N–H and O–H groups in total. The Morgan fingerprint density at radius 2 is 1.82 bits per heavy atom. The van der Waals surface area contributed by atoms with Gasteiger partial charge in [0.1, 0.15) is 35.1 Å². The lowest BCUT2D eigenvalue weighted by Gasteiger charge is -2.42. The number of halogens is 2. The van der Waals surface area contributed by atoms with Crippen LogP contribution in [0, 0.1) is 5.82 Å².